The van der Waals surface area contributed by atoms with Gasteiger partial charge in [-0.1, -0.05) is 0 Å². The van der Waals surface area contributed by atoms with Crippen LogP contribution in [0.1, 0.15) is 18.3 Å². The van der Waals surface area contributed by atoms with E-state index in [2.05, 4.69) is 20.2 Å². The van der Waals surface area contributed by atoms with Gasteiger partial charge in [0.05, 0.1) is 0 Å². The topological polar surface area (TPSA) is 70.7 Å². The Labute approximate surface area is 69.2 Å². The lowest BCUT2D eigenvalue weighted by Gasteiger charge is -2.02. The fourth-order valence-electron chi connectivity index (χ4n) is 0.871. The number of nitrogens with zero attached hydrogens (tertiary/aromatic N) is 4. The van der Waals surface area contributed by atoms with Crippen LogP contribution in [-0.2, 0) is 12.3 Å². The summed E-state index contributed by atoms with van der Waals surface area (Å²) in [5.74, 6) is 0.419. The van der Waals surface area contributed by atoms with Gasteiger partial charge in [0.2, 0.25) is 5.66 Å². The third-order valence-electron chi connectivity index (χ3n) is 1.79. The molecular formula is C7H8N4O. The average molecular weight is 164 g/mol. The van der Waals surface area contributed by atoms with E-state index in [0.29, 0.717) is 5.82 Å². The van der Waals surface area contributed by atoms with Crippen LogP contribution < -0.4 is 0 Å². The van der Waals surface area contributed by atoms with E-state index in [-0.39, 0.29) is 6.61 Å². The van der Waals surface area contributed by atoms with Crippen LogP contribution in [0, 0.1) is 0 Å². The maximum absolute atomic E-state index is 8.68. The van der Waals surface area contributed by atoms with E-state index >= 15 is 0 Å². The van der Waals surface area contributed by atoms with E-state index in [1.54, 1.807) is 12.4 Å². The second-order valence-electron chi connectivity index (χ2n) is 2.77. The highest BCUT2D eigenvalue weighted by atomic mass is 16.3. The summed E-state index contributed by atoms with van der Waals surface area (Å²) in [7, 11) is 0. The molecule has 0 spiro atoms. The van der Waals surface area contributed by atoms with Crippen LogP contribution in [0.25, 0.3) is 0 Å². The van der Waals surface area contributed by atoms with Crippen molar-refractivity contribution in [3.05, 3.63) is 23.8 Å². The molecule has 0 fully saturated rings. The Morgan fingerprint density at radius 1 is 1.33 bits per heavy atom. The highest BCUT2D eigenvalue weighted by molar-refractivity contribution is 5.19. The molecule has 0 atom stereocenters. The molecule has 5 heteroatoms. The first-order chi connectivity index (χ1) is 5.74. The summed E-state index contributed by atoms with van der Waals surface area (Å²) in [5, 5.41) is 16.4. The third-order valence-corrected chi connectivity index (χ3v) is 1.79. The van der Waals surface area contributed by atoms with Gasteiger partial charge in [0.25, 0.3) is 0 Å². The van der Waals surface area contributed by atoms with E-state index in [1.807, 2.05) is 6.92 Å². The van der Waals surface area contributed by atoms with Gasteiger partial charge in [0.15, 0.2) is 5.82 Å². The van der Waals surface area contributed by atoms with Gasteiger partial charge in [0.1, 0.15) is 6.61 Å². The SMILES string of the molecule is CC1(c2cnc(CO)nc2)N=N1. The second-order valence-corrected chi connectivity index (χ2v) is 2.77. The molecule has 0 aromatic carbocycles. The summed E-state index contributed by atoms with van der Waals surface area (Å²) >= 11 is 0. The smallest absolute Gasteiger partial charge is 0.216 e. The number of hydrogen-bond acceptors (Lipinski definition) is 5. The standard InChI is InChI=1S/C7H8N4O/c1-7(10-11-7)5-2-8-6(4-12)9-3-5/h2-3,12H,4H2,1H3. The molecule has 12 heavy (non-hydrogen) atoms. The monoisotopic (exact) mass is 164 g/mol. The average Bonchev–Trinajstić information content (AvgIpc) is 2.85. The summed E-state index contributed by atoms with van der Waals surface area (Å²) in [6, 6.07) is 0. The van der Waals surface area contributed by atoms with Crippen LogP contribution in [0.5, 0.6) is 0 Å². The number of rotatable bonds is 2. The number of aliphatic hydroxyl groups excluding tert-OH is 1. The third kappa shape index (κ3) is 1.08. The molecule has 0 bridgehead atoms. The molecule has 1 aromatic rings. The number of aromatic nitrogens is 2. The van der Waals surface area contributed by atoms with E-state index in [9.17, 15) is 0 Å². The Morgan fingerprint density at radius 3 is 2.33 bits per heavy atom. The quantitative estimate of drug-likeness (QED) is 0.696. The molecular weight excluding hydrogens is 156 g/mol. The molecule has 2 heterocycles. The fourth-order valence-corrected chi connectivity index (χ4v) is 0.871. The van der Waals surface area contributed by atoms with Gasteiger partial charge >= 0.3 is 0 Å². The molecule has 0 amide bonds. The van der Waals surface area contributed by atoms with Crippen molar-refractivity contribution in [2.45, 2.75) is 19.2 Å². The fraction of sp³-hybridized carbons (Fsp3) is 0.429. The van der Waals surface area contributed by atoms with Crippen molar-refractivity contribution in [3.8, 4) is 0 Å². The summed E-state index contributed by atoms with van der Waals surface area (Å²) in [4.78, 5) is 7.85. The predicted molar refractivity (Wildman–Crippen MR) is 40.2 cm³/mol. The molecule has 0 saturated carbocycles. The second kappa shape index (κ2) is 2.31. The summed E-state index contributed by atoms with van der Waals surface area (Å²) in [6.45, 7) is 1.75. The summed E-state index contributed by atoms with van der Waals surface area (Å²) < 4.78 is 0. The Kier molecular flexibility index (Phi) is 1.41. The van der Waals surface area contributed by atoms with Crippen LogP contribution in [-0.4, -0.2) is 15.1 Å². The van der Waals surface area contributed by atoms with Crippen molar-refractivity contribution in [3.63, 3.8) is 0 Å². The van der Waals surface area contributed by atoms with Crippen molar-refractivity contribution >= 4 is 0 Å². The molecule has 1 aliphatic rings. The molecule has 0 saturated heterocycles. The van der Waals surface area contributed by atoms with Crippen LogP contribution in [0.2, 0.25) is 0 Å². The first-order valence-electron chi connectivity index (χ1n) is 3.61. The van der Waals surface area contributed by atoms with Gasteiger partial charge in [-0.2, -0.15) is 10.2 Å². The lowest BCUT2D eigenvalue weighted by Crippen LogP contribution is -2.05. The molecule has 0 unspecified atom stereocenters. The molecule has 1 aliphatic heterocycles. The first kappa shape index (κ1) is 7.30. The summed E-state index contributed by atoms with van der Waals surface area (Å²) in [5.41, 5.74) is 0.438. The zero-order chi connectivity index (χ0) is 8.60. The maximum atomic E-state index is 8.68. The zero-order valence-electron chi connectivity index (χ0n) is 6.60. The molecule has 62 valence electrons. The molecule has 2 rings (SSSR count). The van der Waals surface area contributed by atoms with Crippen molar-refractivity contribution in [1.29, 1.82) is 0 Å². The Balaban J connectivity index is 2.25. The molecule has 5 nitrogen and oxygen atoms in total. The first-order valence-corrected chi connectivity index (χ1v) is 3.61. The normalized spacial score (nSPS) is 17.8. The van der Waals surface area contributed by atoms with Crippen LogP contribution >= 0.6 is 0 Å². The van der Waals surface area contributed by atoms with Gasteiger partial charge in [-0.3, -0.25) is 0 Å². The Hall–Kier alpha value is -1.36. The van der Waals surface area contributed by atoms with Gasteiger partial charge < -0.3 is 5.11 Å². The van der Waals surface area contributed by atoms with E-state index in [1.165, 1.54) is 0 Å². The summed E-state index contributed by atoms with van der Waals surface area (Å²) in [6.07, 6.45) is 3.27. The van der Waals surface area contributed by atoms with Crippen LogP contribution in [0.15, 0.2) is 22.6 Å². The van der Waals surface area contributed by atoms with E-state index in [0.717, 1.165) is 5.56 Å². The minimum Gasteiger partial charge on any atom is -0.388 e. The van der Waals surface area contributed by atoms with Crippen molar-refractivity contribution in [2.75, 3.05) is 0 Å². The van der Waals surface area contributed by atoms with E-state index < -0.39 is 5.66 Å². The maximum Gasteiger partial charge on any atom is 0.216 e. The van der Waals surface area contributed by atoms with Gasteiger partial charge in [-0.05, 0) is 6.92 Å². The van der Waals surface area contributed by atoms with Gasteiger partial charge in [-0.25, -0.2) is 9.97 Å². The predicted octanol–water partition coefficient (Wildman–Crippen LogP) is 0.607. The largest absolute Gasteiger partial charge is 0.388 e. The Morgan fingerprint density at radius 2 is 1.92 bits per heavy atom. The Bertz CT molecular complexity index is 313. The van der Waals surface area contributed by atoms with Crippen molar-refractivity contribution in [2.24, 2.45) is 10.2 Å². The van der Waals surface area contributed by atoms with Crippen molar-refractivity contribution < 1.29 is 5.11 Å². The molecule has 0 radical (unpaired) electrons. The minimum atomic E-state index is -0.423. The van der Waals surface area contributed by atoms with Crippen LogP contribution in [0.3, 0.4) is 0 Å². The number of hydrogen-bond donors (Lipinski definition) is 1. The molecule has 0 aliphatic carbocycles. The zero-order valence-corrected chi connectivity index (χ0v) is 6.60. The molecule has 1 N–H and O–H groups in total. The van der Waals surface area contributed by atoms with Gasteiger partial charge in [0, 0.05) is 18.0 Å². The molecule has 1 aromatic heterocycles. The minimum absolute atomic E-state index is 0.134. The highest BCUT2D eigenvalue weighted by Gasteiger charge is 2.36. The lowest BCUT2D eigenvalue weighted by molar-refractivity contribution is 0.271. The van der Waals surface area contributed by atoms with Crippen LogP contribution in [0.4, 0.5) is 0 Å². The van der Waals surface area contributed by atoms with Crippen molar-refractivity contribution in [1.82, 2.24) is 9.97 Å². The number of aliphatic hydroxyl groups is 1. The van der Waals surface area contributed by atoms with Gasteiger partial charge in [-0.15, -0.1) is 0 Å². The highest BCUT2D eigenvalue weighted by Crippen LogP contribution is 2.37. The van der Waals surface area contributed by atoms with E-state index in [4.69, 9.17) is 5.11 Å². The lowest BCUT2D eigenvalue weighted by atomic mass is 10.1.